The first kappa shape index (κ1) is 18.6. The van der Waals surface area contributed by atoms with E-state index in [1.807, 2.05) is 0 Å². The Kier molecular flexibility index (Phi) is 8.30. The largest absolute Gasteiger partial charge is 0.379 e. The molecular weight excluding hydrogens is 328 g/mol. The Bertz CT molecular complexity index is 445. The topological polar surface area (TPSA) is 33.7 Å². The smallest absolute Gasteiger partial charge is 0.169 e. The summed E-state index contributed by atoms with van der Waals surface area (Å²) in [6.07, 6.45) is 3.84. The Labute approximate surface area is 149 Å². The minimum Gasteiger partial charge on any atom is -0.379 e. The lowest BCUT2D eigenvalue weighted by Gasteiger charge is -2.28. The fraction of sp³-hybridized carbons (Fsp3) is 0.706. The standard InChI is InChI=1S/C17H28N2O2S2/c1-14(2)20-10-5-8-18-17(22)19(12-15-6-3-9-21-15)13-16-7-4-11-23-16/h4,7,11,14-15H,3,5-6,8-10,12-13H2,1-2H3,(H,18,22). The Balaban J connectivity index is 1.78. The number of nitrogens with zero attached hydrogens (tertiary/aromatic N) is 1. The quantitative estimate of drug-likeness (QED) is 0.542. The van der Waals surface area contributed by atoms with Gasteiger partial charge in [0.1, 0.15) is 0 Å². The first-order valence-corrected chi connectivity index (χ1v) is 9.72. The average molecular weight is 357 g/mol. The highest BCUT2D eigenvalue weighted by Crippen LogP contribution is 2.17. The van der Waals surface area contributed by atoms with E-state index in [4.69, 9.17) is 21.7 Å². The molecule has 1 aliphatic heterocycles. The van der Waals surface area contributed by atoms with Gasteiger partial charge in [0.05, 0.1) is 18.8 Å². The molecule has 0 spiro atoms. The highest BCUT2D eigenvalue weighted by molar-refractivity contribution is 7.80. The summed E-state index contributed by atoms with van der Waals surface area (Å²) in [6, 6.07) is 4.25. The highest BCUT2D eigenvalue weighted by atomic mass is 32.1. The van der Waals surface area contributed by atoms with Crippen molar-refractivity contribution in [3.05, 3.63) is 22.4 Å². The van der Waals surface area contributed by atoms with Crippen molar-refractivity contribution in [1.82, 2.24) is 10.2 Å². The molecule has 1 atom stereocenters. The number of thiophene rings is 1. The maximum atomic E-state index is 5.78. The first-order chi connectivity index (χ1) is 11.1. The molecule has 2 rings (SSSR count). The lowest BCUT2D eigenvalue weighted by molar-refractivity contribution is 0.0771. The van der Waals surface area contributed by atoms with Gasteiger partial charge in [-0.15, -0.1) is 11.3 Å². The van der Waals surface area contributed by atoms with Crippen molar-refractivity contribution >= 4 is 28.7 Å². The van der Waals surface area contributed by atoms with E-state index < -0.39 is 0 Å². The van der Waals surface area contributed by atoms with Crippen LogP contribution in [-0.4, -0.2) is 48.5 Å². The third kappa shape index (κ3) is 7.16. The lowest BCUT2D eigenvalue weighted by Crippen LogP contribution is -2.43. The number of thiocarbonyl (C=S) groups is 1. The molecule has 0 aromatic carbocycles. The van der Waals surface area contributed by atoms with Crippen LogP contribution < -0.4 is 5.32 Å². The van der Waals surface area contributed by atoms with Crippen LogP contribution in [0.1, 0.15) is 38.0 Å². The summed E-state index contributed by atoms with van der Waals surface area (Å²) in [5.74, 6) is 0. The number of nitrogens with one attached hydrogen (secondary N) is 1. The molecule has 1 aliphatic rings. The van der Waals surface area contributed by atoms with Crippen molar-refractivity contribution in [1.29, 1.82) is 0 Å². The SMILES string of the molecule is CC(C)OCCCNC(=S)N(Cc1cccs1)CC1CCCO1. The van der Waals surface area contributed by atoms with Crippen molar-refractivity contribution in [3.63, 3.8) is 0 Å². The second kappa shape index (κ2) is 10.2. The fourth-order valence-electron chi connectivity index (χ4n) is 2.54. The van der Waals surface area contributed by atoms with Crippen molar-refractivity contribution in [3.8, 4) is 0 Å². The van der Waals surface area contributed by atoms with Gasteiger partial charge >= 0.3 is 0 Å². The third-order valence-electron chi connectivity index (χ3n) is 3.71. The van der Waals surface area contributed by atoms with Crippen molar-refractivity contribution in [2.45, 2.75) is 51.9 Å². The molecule has 0 amide bonds. The maximum absolute atomic E-state index is 5.78. The zero-order valence-corrected chi connectivity index (χ0v) is 15.8. The minimum absolute atomic E-state index is 0.289. The van der Waals surface area contributed by atoms with Crippen LogP contribution in [0.15, 0.2) is 17.5 Å². The second-order valence-electron chi connectivity index (χ2n) is 6.10. The molecule has 1 saturated heterocycles. The molecule has 4 nitrogen and oxygen atoms in total. The molecule has 0 radical (unpaired) electrons. The summed E-state index contributed by atoms with van der Waals surface area (Å²) < 4.78 is 11.3. The van der Waals surface area contributed by atoms with Crippen LogP contribution in [0.3, 0.4) is 0 Å². The molecule has 0 bridgehead atoms. The molecule has 23 heavy (non-hydrogen) atoms. The number of ether oxygens (including phenoxy) is 2. The van der Waals surface area contributed by atoms with Gasteiger partial charge in [0.15, 0.2) is 5.11 Å². The normalized spacial score (nSPS) is 17.6. The molecule has 0 saturated carbocycles. The van der Waals surface area contributed by atoms with Crippen molar-refractivity contribution in [2.24, 2.45) is 0 Å². The lowest BCUT2D eigenvalue weighted by atomic mass is 10.2. The number of rotatable bonds is 9. The van der Waals surface area contributed by atoms with Crippen LogP contribution in [0.2, 0.25) is 0 Å². The molecule has 1 N–H and O–H groups in total. The van der Waals surface area contributed by atoms with Gasteiger partial charge < -0.3 is 19.7 Å². The monoisotopic (exact) mass is 356 g/mol. The van der Waals surface area contributed by atoms with Crippen LogP contribution in [0.4, 0.5) is 0 Å². The van der Waals surface area contributed by atoms with E-state index in [0.717, 1.165) is 57.2 Å². The van der Waals surface area contributed by atoms with Crippen molar-refractivity contribution < 1.29 is 9.47 Å². The van der Waals surface area contributed by atoms with Gasteiger partial charge in [-0.05, 0) is 56.8 Å². The van der Waals surface area contributed by atoms with Gasteiger partial charge in [-0.1, -0.05) is 6.07 Å². The highest BCUT2D eigenvalue weighted by Gasteiger charge is 2.21. The summed E-state index contributed by atoms with van der Waals surface area (Å²) in [5.41, 5.74) is 0. The molecule has 1 unspecified atom stereocenters. The average Bonchev–Trinajstić information content (AvgIpc) is 3.19. The summed E-state index contributed by atoms with van der Waals surface area (Å²) in [5, 5.41) is 6.30. The predicted octanol–water partition coefficient (Wildman–Crippen LogP) is 3.42. The molecular formula is C17H28N2O2S2. The van der Waals surface area contributed by atoms with E-state index >= 15 is 0 Å². The van der Waals surface area contributed by atoms with Crippen LogP contribution in [0.5, 0.6) is 0 Å². The van der Waals surface area contributed by atoms with E-state index in [9.17, 15) is 0 Å². The van der Waals surface area contributed by atoms with E-state index in [2.05, 4.69) is 41.6 Å². The predicted molar refractivity (Wildman–Crippen MR) is 100 cm³/mol. The first-order valence-electron chi connectivity index (χ1n) is 8.43. The Hall–Kier alpha value is -0.690. The van der Waals surface area contributed by atoms with Gasteiger partial charge in [-0.2, -0.15) is 0 Å². The van der Waals surface area contributed by atoms with Crippen LogP contribution in [0.25, 0.3) is 0 Å². The van der Waals surface area contributed by atoms with E-state index in [-0.39, 0.29) is 6.10 Å². The molecule has 1 fully saturated rings. The van der Waals surface area contributed by atoms with Gasteiger partial charge in [0.25, 0.3) is 0 Å². The maximum Gasteiger partial charge on any atom is 0.169 e. The molecule has 1 aromatic rings. The zero-order chi connectivity index (χ0) is 16.5. The summed E-state index contributed by atoms with van der Waals surface area (Å²) in [6.45, 7) is 8.33. The molecule has 130 valence electrons. The number of hydrogen-bond donors (Lipinski definition) is 1. The Morgan fingerprint density at radius 3 is 3.09 bits per heavy atom. The fourth-order valence-corrected chi connectivity index (χ4v) is 3.50. The van der Waals surface area contributed by atoms with E-state index in [0.29, 0.717) is 6.10 Å². The second-order valence-corrected chi connectivity index (χ2v) is 7.52. The van der Waals surface area contributed by atoms with E-state index in [1.54, 1.807) is 11.3 Å². The summed E-state index contributed by atoms with van der Waals surface area (Å²) in [7, 11) is 0. The van der Waals surface area contributed by atoms with Crippen LogP contribution in [0, 0.1) is 0 Å². The van der Waals surface area contributed by atoms with Gasteiger partial charge in [-0.25, -0.2) is 0 Å². The van der Waals surface area contributed by atoms with E-state index in [1.165, 1.54) is 4.88 Å². The van der Waals surface area contributed by atoms with Gasteiger partial charge in [-0.3, -0.25) is 0 Å². The minimum atomic E-state index is 0.289. The van der Waals surface area contributed by atoms with Crippen molar-refractivity contribution in [2.75, 3.05) is 26.3 Å². The Morgan fingerprint density at radius 1 is 1.57 bits per heavy atom. The Morgan fingerprint density at radius 2 is 2.43 bits per heavy atom. The van der Waals surface area contributed by atoms with Gasteiger partial charge in [0.2, 0.25) is 0 Å². The van der Waals surface area contributed by atoms with Gasteiger partial charge in [0, 0.05) is 31.2 Å². The van der Waals surface area contributed by atoms with Crippen LogP contribution >= 0.6 is 23.6 Å². The van der Waals surface area contributed by atoms with Crippen LogP contribution in [-0.2, 0) is 16.0 Å². The molecule has 0 aliphatic carbocycles. The zero-order valence-electron chi connectivity index (χ0n) is 14.1. The number of hydrogen-bond acceptors (Lipinski definition) is 4. The molecule has 1 aromatic heterocycles. The summed E-state index contributed by atoms with van der Waals surface area (Å²) >= 11 is 7.38. The molecule has 2 heterocycles. The third-order valence-corrected chi connectivity index (χ3v) is 4.97. The molecule has 6 heteroatoms. The summed E-state index contributed by atoms with van der Waals surface area (Å²) in [4.78, 5) is 3.57.